The molecule has 2 amide bonds. The number of aryl methyl sites for hydroxylation is 1. The summed E-state index contributed by atoms with van der Waals surface area (Å²) in [5.74, 6) is -1.17. The average molecular weight is 544 g/mol. The maximum absolute atomic E-state index is 13.6. The molecule has 38 heavy (non-hydrogen) atoms. The molecule has 10 heteroatoms. The average Bonchev–Trinajstić information content (AvgIpc) is 3.47. The molecule has 1 aromatic heterocycles. The number of carbonyl (C=O) groups excluding carboxylic acids is 4. The summed E-state index contributed by atoms with van der Waals surface area (Å²) in [4.78, 5) is 56.6. The lowest BCUT2D eigenvalue weighted by Crippen LogP contribution is -2.57. The van der Waals surface area contributed by atoms with Gasteiger partial charge in [-0.05, 0) is 29.4 Å². The maximum Gasteiger partial charge on any atom is 0.246 e. The summed E-state index contributed by atoms with van der Waals surface area (Å²) in [5, 5.41) is 13.1. The number of rotatable bonds is 11. The summed E-state index contributed by atoms with van der Waals surface area (Å²) < 4.78 is 4.96. The van der Waals surface area contributed by atoms with Gasteiger partial charge >= 0.3 is 0 Å². The number of hydrogen-bond donors (Lipinski definition) is 2. The normalized spacial score (nSPS) is 19.2. The Labute approximate surface area is 227 Å². The van der Waals surface area contributed by atoms with E-state index in [0.717, 1.165) is 21.7 Å². The molecule has 206 valence electrons. The van der Waals surface area contributed by atoms with Crippen LogP contribution in [0.3, 0.4) is 0 Å². The fraction of sp³-hybridized carbons (Fsp3) is 0.536. The van der Waals surface area contributed by atoms with Crippen molar-refractivity contribution in [1.29, 1.82) is 0 Å². The van der Waals surface area contributed by atoms with Crippen LogP contribution in [0.2, 0.25) is 0 Å². The Balaban J connectivity index is 1.70. The van der Waals surface area contributed by atoms with Crippen LogP contribution in [0, 0.1) is 12.3 Å². The Bertz CT molecular complexity index is 1140. The van der Waals surface area contributed by atoms with Gasteiger partial charge in [0.05, 0.1) is 28.2 Å². The van der Waals surface area contributed by atoms with Gasteiger partial charge in [-0.2, -0.15) is 0 Å². The second-order valence-electron chi connectivity index (χ2n) is 10.9. The number of amides is 2. The number of Topliss-reactive ketones (excluding diaryl/α,β-unsaturated/α-hetero) is 1. The Kier molecular flexibility index (Phi) is 9.92. The van der Waals surface area contributed by atoms with Gasteiger partial charge in [-0.15, -0.1) is 11.3 Å². The molecule has 2 heterocycles. The number of ether oxygens (including phenoxy) is 1. The number of β-amino-alcohol motifs (C(OH)–C–C–N with tert-alkyl or cyclic N) is 1. The molecule has 1 saturated heterocycles. The van der Waals surface area contributed by atoms with Crippen LogP contribution < -0.4 is 5.32 Å². The number of ketones is 1. The monoisotopic (exact) mass is 543 g/mol. The predicted molar refractivity (Wildman–Crippen MR) is 145 cm³/mol. The molecule has 0 aliphatic carbocycles. The lowest BCUT2D eigenvalue weighted by atomic mass is 9.85. The molecule has 3 rings (SSSR count). The standard InChI is InChI=1S/C28H37N3O6S/c1-17(19-6-8-20(9-7-19)25-18(2)29-16-38-25)12-23(34)22-13-21(33)14-31(22)27(36)26(28(3,4)5)30-24(35)15-37-11-10-32/h6-10,16-17,21-22,26,33H,11-15H2,1-5H3,(H,30,35)/t17-,21-,22+,26-/m1/s1. The van der Waals surface area contributed by atoms with Gasteiger partial charge in [0.15, 0.2) is 5.78 Å². The van der Waals surface area contributed by atoms with Gasteiger partial charge in [0.1, 0.15) is 25.5 Å². The third-order valence-electron chi connectivity index (χ3n) is 6.77. The number of thiazole rings is 1. The molecule has 0 saturated carbocycles. The highest BCUT2D eigenvalue weighted by molar-refractivity contribution is 7.13. The molecule has 1 aliphatic rings. The van der Waals surface area contributed by atoms with Crippen LogP contribution >= 0.6 is 11.3 Å². The highest BCUT2D eigenvalue weighted by Crippen LogP contribution is 2.31. The first-order valence-electron chi connectivity index (χ1n) is 12.7. The van der Waals surface area contributed by atoms with Crippen LogP contribution in [0.4, 0.5) is 0 Å². The topological polar surface area (TPSA) is 126 Å². The van der Waals surface area contributed by atoms with Crippen molar-refractivity contribution in [2.24, 2.45) is 5.41 Å². The molecule has 4 atom stereocenters. The number of hydrogen-bond acceptors (Lipinski definition) is 8. The van der Waals surface area contributed by atoms with Crippen molar-refractivity contribution in [3.05, 3.63) is 41.0 Å². The first-order valence-corrected chi connectivity index (χ1v) is 13.6. The highest BCUT2D eigenvalue weighted by atomic mass is 32.1. The number of nitrogens with one attached hydrogen (secondary N) is 1. The van der Waals surface area contributed by atoms with Crippen LogP contribution in [0.25, 0.3) is 10.4 Å². The van der Waals surface area contributed by atoms with E-state index in [1.165, 1.54) is 4.90 Å². The molecule has 0 spiro atoms. The van der Waals surface area contributed by atoms with Crippen molar-refractivity contribution >= 4 is 35.2 Å². The lowest BCUT2D eigenvalue weighted by Gasteiger charge is -2.35. The van der Waals surface area contributed by atoms with Crippen molar-refractivity contribution in [1.82, 2.24) is 15.2 Å². The van der Waals surface area contributed by atoms with Gasteiger partial charge in [-0.3, -0.25) is 14.4 Å². The zero-order valence-electron chi connectivity index (χ0n) is 22.6. The summed E-state index contributed by atoms with van der Waals surface area (Å²) in [7, 11) is 0. The van der Waals surface area contributed by atoms with E-state index in [4.69, 9.17) is 4.74 Å². The summed E-state index contributed by atoms with van der Waals surface area (Å²) >= 11 is 1.59. The molecular formula is C28H37N3O6S. The van der Waals surface area contributed by atoms with Gasteiger partial charge in [-0.25, -0.2) is 4.98 Å². The van der Waals surface area contributed by atoms with Crippen LogP contribution in [-0.2, 0) is 23.9 Å². The number of carbonyl (C=O) groups is 4. The van der Waals surface area contributed by atoms with E-state index < -0.39 is 35.4 Å². The maximum atomic E-state index is 13.6. The van der Waals surface area contributed by atoms with Gasteiger partial charge in [0.25, 0.3) is 0 Å². The van der Waals surface area contributed by atoms with E-state index in [1.54, 1.807) is 11.3 Å². The molecule has 1 aromatic carbocycles. The minimum Gasteiger partial charge on any atom is -0.391 e. The predicted octanol–water partition coefficient (Wildman–Crippen LogP) is 2.89. The Morgan fingerprint density at radius 2 is 1.95 bits per heavy atom. The number of likely N-dealkylation sites (tertiary alicyclic amines) is 1. The van der Waals surface area contributed by atoms with Crippen LogP contribution in [0.1, 0.15) is 57.7 Å². The SMILES string of the molecule is Cc1ncsc1-c1ccc([C@H](C)CC(=O)[C@@H]2C[C@@H](O)CN2C(=O)[C@@H](NC(=O)COCC=O)C(C)(C)C)cc1. The number of nitrogens with zero attached hydrogens (tertiary/aromatic N) is 2. The molecule has 0 unspecified atom stereocenters. The van der Waals surface area contributed by atoms with E-state index in [0.29, 0.717) is 6.29 Å². The minimum atomic E-state index is -0.935. The van der Waals surface area contributed by atoms with E-state index in [2.05, 4.69) is 10.3 Å². The first kappa shape index (κ1) is 29.6. The van der Waals surface area contributed by atoms with Crippen LogP contribution in [0.15, 0.2) is 29.8 Å². The summed E-state index contributed by atoms with van der Waals surface area (Å²) in [6, 6.07) is 6.37. The quantitative estimate of drug-likeness (QED) is 0.330. The molecular weight excluding hydrogens is 506 g/mol. The van der Waals surface area contributed by atoms with E-state index in [-0.39, 0.29) is 44.3 Å². The van der Waals surface area contributed by atoms with E-state index in [9.17, 15) is 24.3 Å². The first-order chi connectivity index (χ1) is 17.9. The van der Waals surface area contributed by atoms with Gasteiger partial charge in [0, 0.05) is 19.4 Å². The largest absolute Gasteiger partial charge is 0.391 e. The smallest absolute Gasteiger partial charge is 0.246 e. The third kappa shape index (κ3) is 7.33. The Morgan fingerprint density at radius 3 is 2.53 bits per heavy atom. The van der Waals surface area contributed by atoms with E-state index in [1.807, 2.05) is 64.4 Å². The number of aromatic nitrogens is 1. The second-order valence-corrected chi connectivity index (χ2v) is 11.8. The number of aldehydes is 1. The Hall–Kier alpha value is -2.95. The third-order valence-corrected chi connectivity index (χ3v) is 7.74. The summed E-state index contributed by atoms with van der Waals surface area (Å²) in [6.07, 6.45) is 0.0941. The highest BCUT2D eigenvalue weighted by Gasteiger charge is 2.44. The van der Waals surface area contributed by atoms with Crippen molar-refractivity contribution < 1.29 is 29.0 Å². The fourth-order valence-corrected chi connectivity index (χ4v) is 5.49. The number of aliphatic hydroxyl groups excluding tert-OH is 1. The van der Waals surface area contributed by atoms with Gasteiger partial charge in [-0.1, -0.05) is 52.0 Å². The summed E-state index contributed by atoms with van der Waals surface area (Å²) in [6.45, 7) is 8.82. The Morgan fingerprint density at radius 1 is 1.26 bits per heavy atom. The van der Waals surface area contributed by atoms with Crippen LogP contribution in [-0.4, -0.2) is 76.8 Å². The van der Waals surface area contributed by atoms with Crippen molar-refractivity contribution in [2.75, 3.05) is 19.8 Å². The van der Waals surface area contributed by atoms with Gasteiger partial charge < -0.3 is 24.9 Å². The second kappa shape index (κ2) is 12.7. The van der Waals surface area contributed by atoms with Crippen molar-refractivity contribution in [3.63, 3.8) is 0 Å². The zero-order chi connectivity index (χ0) is 28.0. The summed E-state index contributed by atoms with van der Waals surface area (Å²) in [5.41, 5.74) is 4.23. The van der Waals surface area contributed by atoms with Gasteiger partial charge in [0.2, 0.25) is 11.8 Å². The fourth-order valence-electron chi connectivity index (χ4n) is 4.68. The molecule has 1 fully saturated rings. The lowest BCUT2D eigenvalue weighted by molar-refractivity contribution is -0.144. The van der Waals surface area contributed by atoms with E-state index >= 15 is 0 Å². The molecule has 9 nitrogen and oxygen atoms in total. The van der Waals surface area contributed by atoms with Crippen molar-refractivity contribution in [2.45, 2.75) is 71.6 Å². The molecule has 0 radical (unpaired) electrons. The molecule has 2 aromatic rings. The minimum absolute atomic E-state index is 0.0244. The number of aliphatic hydroxyl groups is 1. The number of benzene rings is 1. The van der Waals surface area contributed by atoms with Crippen LogP contribution in [0.5, 0.6) is 0 Å². The molecule has 0 bridgehead atoms. The zero-order valence-corrected chi connectivity index (χ0v) is 23.4. The van der Waals surface area contributed by atoms with Crippen molar-refractivity contribution in [3.8, 4) is 10.4 Å². The molecule has 1 aliphatic heterocycles. The molecule has 2 N–H and O–H groups in total.